The van der Waals surface area contributed by atoms with Gasteiger partial charge in [0.15, 0.2) is 0 Å². The third-order valence-electron chi connectivity index (χ3n) is 2.02. The predicted octanol–water partition coefficient (Wildman–Crippen LogP) is 3.28. The second-order valence-corrected chi connectivity index (χ2v) is 3.76. The minimum Gasteiger partial charge on any atom is -0.240 e. The summed E-state index contributed by atoms with van der Waals surface area (Å²) in [5.41, 5.74) is 2.19. The number of para-hydroxylation sites is 1. The van der Waals surface area contributed by atoms with Crippen molar-refractivity contribution >= 4 is 22.0 Å². The van der Waals surface area contributed by atoms with E-state index in [1.165, 1.54) is 0 Å². The van der Waals surface area contributed by atoms with Gasteiger partial charge in [0, 0.05) is 17.1 Å². The zero-order valence-electron chi connectivity index (χ0n) is 8.18. The Labute approximate surface area is 97.4 Å². The molecule has 0 spiro atoms. The Kier molecular flexibility index (Phi) is 3.35. The van der Waals surface area contributed by atoms with Crippen LogP contribution in [0.3, 0.4) is 0 Å². The van der Waals surface area contributed by atoms with Crippen molar-refractivity contribution in [3.05, 3.63) is 54.4 Å². The summed E-state index contributed by atoms with van der Waals surface area (Å²) in [4.78, 5) is 0. The molecule has 0 N–H and O–H groups in total. The van der Waals surface area contributed by atoms with E-state index in [-0.39, 0.29) is 0 Å². The third kappa shape index (κ3) is 2.57. The Bertz CT molecular complexity index is 446. The highest BCUT2D eigenvalue weighted by molar-refractivity contribution is 9.09. The Morgan fingerprint density at radius 3 is 2.80 bits per heavy atom. The number of nitrogens with zero attached hydrogens (tertiary/aromatic N) is 2. The molecule has 0 saturated heterocycles. The number of alkyl halides is 1. The molecule has 1 heterocycles. The first kappa shape index (κ1) is 10.2. The summed E-state index contributed by atoms with van der Waals surface area (Å²) in [7, 11) is 0. The lowest BCUT2D eigenvalue weighted by atomic mass is 10.3. The van der Waals surface area contributed by atoms with Gasteiger partial charge in [-0.3, -0.25) is 0 Å². The summed E-state index contributed by atoms with van der Waals surface area (Å²) in [6.07, 6.45) is 7.95. The van der Waals surface area contributed by atoms with Gasteiger partial charge in [0.25, 0.3) is 0 Å². The van der Waals surface area contributed by atoms with Crippen LogP contribution in [0.5, 0.6) is 0 Å². The number of hydrogen-bond donors (Lipinski definition) is 0. The number of hydrogen-bond acceptors (Lipinski definition) is 1. The van der Waals surface area contributed by atoms with Gasteiger partial charge >= 0.3 is 0 Å². The Balaban J connectivity index is 2.24. The molecule has 0 aliphatic rings. The van der Waals surface area contributed by atoms with Crippen LogP contribution in [0.2, 0.25) is 0 Å². The maximum absolute atomic E-state index is 4.29. The lowest BCUT2D eigenvalue weighted by Gasteiger charge is -1.98. The number of benzene rings is 1. The van der Waals surface area contributed by atoms with Gasteiger partial charge in [-0.2, -0.15) is 5.10 Å². The standard InChI is InChI=1S/C12H11BrN2/c13-8-4-5-11-9-14-15(10-11)12-6-2-1-3-7-12/h1-7,9-10H,8H2. The molecule has 1 aromatic heterocycles. The van der Waals surface area contributed by atoms with Gasteiger partial charge in [0.1, 0.15) is 0 Å². The Hall–Kier alpha value is -1.35. The first-order chi connectivity index (χ1) is 7.40. The van der Waals surface area contributed by atoms with Crippen LogP contribution in [-0.2, 0) is 0 Å². The molecule has 76 valence electrons. The van der Waals surface area contributed by atoms with Crippen molar-refractivity contribution in [1.29, 1.82) is 0 Å². The zero-order chi connectivity index (χ0) is 10.5. The topological polar surface area (TPSA) is 17.8 Å². The summed E-state index contributed by atoms with van der Waals surface area (Å²) < 4.78 is 1.87. The van der Waals surface area contributed by atoms with Gasteiger partial charge in [0.05, 0.1) is 11.9 Å². The first-order valence-corrected chi connectivity index (χ1v) is 5.85. The van der Waals surface area contributed by atoms with E-state index in [2.05, 4.69) is 21.0 Å². The molecule has 15 heavy (non-hydrogen) atoms. The summed E-state index contributed by atoms with van der Waals surface area (Å²) >= 11 is 3.34. The van der Waals surface area contributed by atoms with Crippen LogP contribution < -0.4 is 0 Å². The molecule has 0 radical (unpaired) electrons. The smallest absolute Gasteiger partial charge is 0.0645 e. The maximum Gasteiger partial charge on any atom is 0.0645 e. The number of allylic oxidation sites excluding steroid dienone is 1. The molecule has 1 aromatic carbocycles. The van der Waals surface area contributed by atoms with E-state index in [4.69, 9.17) is 0 Å². The summed E-state index contributed by atoms with van der Waals surface area (Å²) in [6.45, 7) is 0. The van der Waals surface area contributed by atoms with Gasteiger partial charge in [-0.1, -0.05) is 46.3 Å². The molecule has 0 fully saturated rings. The van der Waals surface area contributed by atoms with Gasteiger partial charge in [-0.05, 0) is 12.1 Å². The highest BCUT2D eigenvalue weighted by atomic mass is 79.9. The zero-order valence-corrected chi connectivity index (χ0v) is 9.76. The minimum atomic E-state index is 0.865. The Morgan fingerprint density at radius 2 is 2.07 bits per heavy atom. The molecule has 0 aliphatic carbocycles. The molecule has 0 saturated carbocycles. The van der Waals surface area contributed by atoms with Crippen molar-refractivity contribution in [1.82, 2.24) is 9.78 Å². The molecule has 2 nitrogen and oxygen atoms in total. The predicted molar refractivity (Wildman–Crippen MR) is 66.4 cm³/mol. The maximum atomic E-state index is 4.29. The van der Waals surface area contributed by atoms with E-state index in [0.29, 0.717) is 0 Å². The van der Waals surface area contributed by atoms with E-state index >= 15 is 0 Å². The van der Waals surface area contributed by atoms with E-state index in [0.717, 1.165) is 16.6 Å². The van der Waals surface area contributed by atoms with E-state index in [1.807, 2.05) is 59.6 Å². The van der Waals surface area contributed by atoms with Crippen LogP contribution >= 0.6 is 15.9 Å². The molecule has 2 aromatic rings. The van der Waals surface area contributed by atoms with E-state index < -0.39 is 0 Å². The molecule has 0 bridgehead atoms. The molecule has 0 atom stereocenters. The fourth-order valence-electron chi connectivity index (χ4n) is 1.33. The monoisotopic (exact) mass is 262 g/mol. The molecule has 2 rings (SSSR count). The van der Waals surface area contributed by atoms with Crippen molar-refractivity contribution in [2.45, 2.75) is 0 Å². The average Bonchev–Trinajstić information content (AvgIpc) is 2.76. The third-order valence-corrected chi connectivity index (χ3v) is 2.40. The lowest BCUT2D eigenvalue weighted by molar-refractivity contribution is 0.880. The Morgan fingerprint density at radius 1 is 1.27 bits per heavy atom. The van der Waals surface area contributed by atoms with Gasteiger partial charge in [-0.15, -0.1) is 0 Å². The summed E-state index contributed by atoms with van der Waals surface area (Å²) in [5.74, 6) is 0. The van der Waals surface area contributed by atoms with Gasteiger partial charge < -0.3 is 0 Å². The summed E-state index contributed by atoms with van der Waals surface area (Å²) in [5, 5.41) is 5.15. The highest BCUT2D eigenvalue weighted by Crippen LogP contribution is 2.08. The number of halogens is 1. The van der Waals surface area contributed by atoms with Crippen molar-refractivity contribution in [3.63, 3.8) is 0 Å². The minimum absolute atomic E-state index is 0.865. The van der Waals surface area contributed by atoms with Gasteiger partial charge in [-0.25, -0.2) is 4.68 Å². The van der Waals surface area contributed by atoms with Crippen LogP contribution in [0.4, 0.5) is 0 Å². The van der Waals surface area contributed by atoms with Crippen LogP contribution in [0, 0.1) is 0 Å². The summed E-state index contributed by atoms with van der Waals surface area (Å²) in [6, 6.07) is 10.1. The molecular formula is C12H11BrN2. The first-order valence-electron chi connectivity index (χ1n) is 4.73. The number of aromatic nitrogens is 2. The number of rotatable bonds is 3. The van der Waals surface area contributed by atoms with Crippen LogP contribution in [0.1, 0.15) is 5.56 Å². The molecular weight excluding hydrogens is 252 g/mol. The van der Waals surface area contributed by atoms with E-state index in [1.54, 1.807) is 0 Å². The largest absolute Gasteiger partial charge is 0.240 e. The van der Waals surface area contributed by atoms with Crippen LogP contribution in [0.25, 0.3) is 11.8 Å². The fraction of sp³-hybridized carbons (Fsp3) is 0.0833. The van der Waals surface area contributed by atoms with Crippen LogP contribution in [0.15, 0.2) is 48.8 Å². The second-order valence-electron chi connectivity index (χ2n) is 3.11. The lowest BCUT2D eigenvalue weighted by Crippen LogP contribution is -1.92. The molecule has 0 unspecified atom stereocenters. The van der Waals surface area contributed by atoms with Gasteiger partial charge in [0.2, 0.25) is 0 Å². The van der Waals surface area contributed by atoms with Crippen molar-refractivity contribution in [2.75, 3.05) is 5.33 Å². The van der Waals surface area contributed by atoms with Crippen LogP contribution in [-0.4, -0.2) is 15.1 Å². The van der Waals surface area contributed by atoms with Crippen molar-refractivity contribution < 1.29 is 0 Å². The molecule has 0 aliphatic heterocycles. The molecule has 0 amide bonds. The quantitative estimate of drug-likeness (QED) is 0.777. The highest BCUT2D eigenvalue weighted by Gasteiger charge is 1.96. The fourth-order valence-corrected chi connectivity index (χ4v) is 1.51. The van der Waals surface area contributed by atoms with E-state index in [9.17, 15) is 0 Å². The molecule has 3 heteroatoms. The second kappa shape index (κ2) is 4.94. The van der Waals surface area contributed by atoms with Crippen molar-refractivity contribution in [2.24, 2.45) is 0 Å². The normalized spacial score (nSPS) is 11.0. The van der Waals surface area contributed by atoms with Crippen molar-refractivity contribution in [3.8, 4) is 5.69 Å². The average molecular weight is 263 g/mol. The SMILES string of the molecule is BrCC=Cc1cnn(-c2ccccc2)c1.